The lowest BCUT2D eigenvalue weighted by atomic mass is 10.1. The van der Waals surface area contributed by atoms with Crippen LogP contribution in [0.25, 0.3) is 0 Å². The maximum Gasteiger partial charge on any atom is 0.433 e. The standard InChI is InChI=1S/C7H4ClF5N2/c8-3-1-2(14)4(6(9)10)5(15-3)7(11,12)13/h1,6H,(H2,14,15). The number of nitrogen functional groups attached to an aromatic ring is 1. The molecule has 8 heteroatoms. The maximum absolute atomic E-state index is 12.3. The van der Waals surface area contributed by atoms with Crippen LogP contribution in [0, 0.1) is 0 Å². The van der Waals surface area contributed by atoms with Crippen LogP contribution in [0.4, 0.5) is 27.6 Å². The fourth-order valence-electron chi connectivity index (χ4n) is 0.988. The second-order valence-corrected chi connectivity index (χ2v) is 2.98. The Morgan fingerprint density at radius 3 is 2.27 bits per heavy atom. The number of halogens is 6. The minimum atomic E-state index is -5.01. The van der Waals surface area contributed by atoms with Crippen molar-refractivity contribution in [3.8, 4) is 0 Å². The van der Waals surface area contributed by atoms with Crippen molar-refractivity contribution in [1.29, 1.82) is 0 Å². The van der Waals surface area contributed by atoms with E-state index in [1.54, 1.807) is 0 Å². The number of aromatic nitrogens is 1. The molecule has 1 aromatic heterocycles. The fourth-order valence-corrected chi connectivity index (χ4v) is 1.19. The second kappa shape index (κ2) is 3.80. The molecule has 15 heavy (non-hydrogen) atoms. The summed E-state index contributed by atoms with van der Waals surface area (Å²) in [7, 11) is 0. The van der Waals surface area contributed by atoms with Crippen molar-refractivity contribution < 1.29 is 22.0 Å². The zero-order chi connectivity index (χ0) is 11.8. The zero-order valence-electron chi connectivity index (χ0n) is 6.95. The van der Waals surface area contributed by atoms with Gasteiger partial charge in [-0.2, -0.15) is 13.2 Å². The molecular weight excluding hydrogens is 243 g/mol. The Hall–Kier alpha value is -1.11. The number of nitrogens with zero attached hydrogens (tertiary/aromatic N) is 1. The SMILES string of the molecule is Nc1cc(Cl)nc(C(F)(F)F)c1C(F)F. The molecule has 0 saturated carbocycles. The van der Waals surface area contributed by atoms with E-state index in [-0.39, 0.29) is 0 Å². The first-order valence-electron chi connectivity index (χ1n) is 3.54. The van der Waals surface area contributed by atoms with E-state index in [2.05, 4.69) is 4.98 Å². The molecule has 0 radical (unpaired) electrons. The highest BCUT2D eigenvalue weighted by Gasteiger charge is 2.39. The van der Waals surface area contributed by atoms with Gasteiger partial charge in [0.25, 0.3) is 6.43 Å². The van der Waals surface area contributed by atoms with Crippen LogP contribution in [-0.2, 0) is 6.18 Å². The summed E-state index contributed by atoms with van der Waals surface area (Å²) in [5, 5.41) is -0.579. The molecule has 0 atom stereocenters. The molecule has 0 bridgehead atoms. The summed E-state index contributed by atoms with van der Waals surface area (Å²) < 4.78 is 61.4. The molecule has 0 aromatic carbocycles. The lowest BCUT2D eigenvalue weighted by molar-refractivity contribution is -0.143. The number of nitrogens with two attached hydrogens (primary N) is 1. The third kappa shape index (κ3) is 2.47. The summed E-state index contributed by atoms with van der Waals surface area (Å²) in [6, 6.07) is 0.748. The predicted octanol–water partition coefficient (Wildman–Crippen LogP) is 3.27. The largest absolute Gasteiger partial charge is 0.433 e. The van der Waals surface area contributed by atoms with Gasteiger partial charge >= 0.3 is 6.18 Å². The Morgan fingerprint density at radius 2 is 1.87 bits per heavy atom. The van der Waals surface area contributed by atoms with Crippen molar-refractivity contribution in [2.45, 2.75) is 12.6 Å². The van der Waals surface area contributed by atoms with E-state index >= 15 is 0 Å². The molecule has 2 nitrogen and oxygen atoms in total. The monoisotopic (exact) mass is 246 g/mol. The molecule has 1 aromatic rings. The van der Waals surface area contributed by atoms with E-state index in [4.69, 9.17) is 17.3 Å². The van der Waals surface area contributed by atoms with Gasteiger partial charge in [0.15, 0.2) is 5.69 Å². The predicted molar refractivity (Wildman–Crippen MR) is 43.6 cm³/mol. The van der Waals surface area contributed by atoms with E-state index in [0.29, 0.717) is 0 Å². The molecular formula is C7H4ClF5N2. The number of pyridine rings is 1. The van der Waals surface area contributed by atoms with Crippen LogP contribution in [-0.4, -0.2) is 4.98 Å². The van der Waals surface area contributed by atoms with Crippen molar-refractivity contribution in [3.05, 3.63) is 22.5 Å². The van der Waals surface area contributed by atoms with Crippen LogP contribution in [0.15, 0.2) is 6.07 Å². The van der Waals surface area contributed by atoms with Gasteiger partial charge in [-0.25, -0.2) is 13.8 Å². The molecule has 0 fully saturated rings. The Balaban J connectivity index is 3.47. The van der Waals surface area contributed by atoms with Gasteiger partial charge in [-0.1, -0.05) is 11.6 Å². The van der Waals surface area contributed by atoms with E-state index < -0.39 is 34.7 Å². The van der Waals surface area contributed by atoms with Crippen molar-refractivity contribution in [3.63, 3.8) is 0 Å². The van der Waals surface area contributed by atoms with Gasteiger partial charge in [0.2, 0.25) is 0 Å². The molecule has 0 amide bonds. The number of hydrogen-bond donors (Lipinski definition) is 1. The lowest BCUT2D eigenvalue weighted by Gasteiger charge is -2.13. The van der Waals surface area contributed by atoms with E-state index in [0.717, 1.165) is 6.07 Å². The molecule has 0 unspecified atom stereocenters. The van der Waals surface area contributed by atoms with Gasteiger partial charge < -0.3 is 5.73 Å². The normalized spacial score (nSPS) is 12.2. The maximum atomic E-state index is 12.3. The highest BCUT2D eigenvalue weighted by Crippen LogP contribution is 2.38. The average Bonchev–Trinajstić information content (AvgIpc) is 1.99. The Morgan fingerprint density at radius 1 is 1.33 bits per heavy atom. The van der Waals surface area contributed by atoms with Crippen LogP contribution >= 0.6 is 11.6 Å². The molecule has 0 aliphatic heterocycles. The van der Waals surface area contributed by atoms with Crippen molar-refractivity contribution >= 4 is 17.3 Å². The van der Waals surface area contributed by atoms with Crippen molar-refractivity contribution in [2.75, 3.05) is 5.73 Å². The third-order valence-corrected chi connectivity index (χ3v) is 1.74. The summed E-state index contributed by atoms with van der Waals surface area (Å²) in [6.07, 6.45) is -8.36. The molecule has 84 valence electrons. The third-order valence-electron chi connectivity index (χ3n) is 1.55. The van der Waals surface area contributed by atoms with Crippen LogP contribution in [0.1, 0.15) is 17.7 Å². The minimum absolute atomic E-state index is 0.579. The summed E-state index contributed by atoms with van der Waals surface area (Å²) in [4.78, 5) is 2.81. The summed E-state index contributed by atoms with van der Waals surface area (Å²) in [6.45, 7) is 0. The van der Waals surface area contributed by atoms with Crippen LogP contribution in [0.2, 0.25) is 5.15 Å². The Kier molecular flexibility index (Phi) is 3.03. The smallest absolute Gasteiger partial charge is 0.398 e. The zero-order valence-corrected chi connectivity index (χ0v) is 7.70. The molecule has 0 aliphatic rings. The number of hydrogen-bond acceptors (Lipinski definition) is 2. The van der Waals surface area contributed by atoms with Gasteiger partial charge in [0.1, 0.15) is 5.15 Å². The topological polar surface area (TPSA) is 38.9 Å². The molecule has 0 spiro atoms. The van der Waals surface area contributed by atoms with Crippen molar-refractivity contribution in [1.82, 2.24) is 4.98 Å². The summed E-state index contributed by atoms with van der Waals surface area (Å²) in [5.41, 5.74) is 1.20. The van der Waals surface area contributed by atoms with Gasteiger partial charge in [-0.15, -0.1) is 0 Å². The average molecular weight is 247 g/mol. The van der Waals surface area contributed by atoms with Gasteiger partial charge in [0.05, 0.1) is 5.56 Å². The molecule has 0 aliphatic carbocycles. The first-order chi connectivity index (χ1) is 6.73. The Bertz CT molecular complexity index is 376. The van der Waals surface area contributed by atoms with Gasteiger partial charge in [-0.3, -0.25) is 0 Å². The lowest BCUT2D eigenvalue weighted by Crippen LogP contribution is -2.14. The molecule has 2 N–H and O–H groups in total. The highest BCUT2D eigenvalue weighted by molar-refractivity contribution is 6.29. The highest BCUT2D eigenvalue weighted by atomic mass is 35.5. The first kappa shape index (κ1) is 12.0. The number of anilines is 1. The molecule has 0 saturated heterocycles. The van der Waals surface area contributed by atoms with E-state index in [9.17, 15) is 22.0 Å². The minimum Gasteiger partial charge on any atom is -0.398 e. The summed E-state index contributed by atoms with van der Waals surface area (Å²) in [5.74, 6) is 0. The number of rotatable bonds is 1. The van der Waals surface area contributed by atoms with Crippen LogP contribution in [0.3, 0.4) is 0 Å². The quantitative estimate of drug-likeness (QED) is 0.610. The van der Waals surface area contributed by atoms with Crippen LogP contribution < -0.4 is 5.73 Å². The number of alkyl halides is 5. The van der Waals surface area contributed by atoms with Crippen molar-refractivity contribution in [2.24, 2.45) is 0 Å². The second-order valence-electron chi connectivity index (χ2n) is 2.59. The van der Waals surface area contributed by atoms with E-state index in [1.165, 1.54) is 0 Å². The molecule has 1 heterocycles. The first-order valence-corrected chi connectivity index (χ1v) is 3.92. The molecule has 1 rings (SSSR count). The van der Waals surface area contributed by atoms with E-state index in [1.807, 2.05) is 0 Å². The fraction of sp³-hybridized carbons (Fsp3) is 0.286. The Labute approximate surface area is 85.9 Å². The van der Waals surface area contributed by atoms with Crippen LogP contribution in [0.5, 0.6) is 0 Å². The summed E-state index contributed by atoms with van der Waals surface area (Å²) >= 11 is 5.20. The van der Waals surface area contributed by atoms with Gasteiger partial charge in [0, 0.05) is 5.69 Å². The van der Waals surface area contributed by atoms with Gasteiger partial charge in [-0.05, 0) is 6.07 Å².